The summed E-state index contributed by atoms with van der Waals surface area (Å²) in [7, 11) is 2.19. The predicted molar refractivity (Wildman–Crippen MR) is 87.7 cm³/mol. The highest BCUT2D eigenvalue weighted by Gasteiger charge is 2.37. The van der Waals surface area contributed by atoms with Gasteiger partial charge in [0.15, 0.2) is 0 Å². The number of benzene rings is 1. The van der Waals surface area contributed by atoms with Gasteiger partial charge in [0.2, 0.25) is 0 Å². The van der Waals surface area contributed by atoms with Crippen LogP contribution in [-0.4, -0.2) is 37.6 Å². The Kier molecular flexibility index (Phi) is 3.43. The Balaban J connectivity index is 1.59. The fraction of sp³-hybridized carbons (Fsp3) is 0.667. The van der Waals surface area contributed by atoms with Gasteiger partial charge >= 0.3 is 0 Å². The molecular weight excluding hydrogens is 258 g/mol. The Morgan fingerprint density at radius 2 is 2.10 bits per heavy atom. The number of rotatable bonds is 6. The van der Waals surface area contributed by atoms with Crippen LogP contribution in [0.5, 0.6) is 0 Å². The lowest BCUT2D eigenvalue weighted by atomic mass is 10.0. The first-order chi connectivity index (χ1) is 10.3. The van der Waals surface area contributed by atoms with E-state index in [1.54, 1.807) is 0 Å². The van der Waals surface area contributed by atoms with Crippen molar-refractivity contribution in [3.8, 4) is 0 Å². The van der Waals surface area contributed by atoms with Crippen LogP contribution in [0.2, 0.25) is 0 Å². The topological polar surface area (TPSA) is 32.5 Å². The number of nitrogens with zero attached hydrogens (tertiary/aromatic N) is 2. The van der Waals surface area contributed by atoms with Crippen molar-refractivity contribution < 1.29 is 0 Å². The largest absolute Gasteiger partial charge is 0.374 e. The van der Waals surface area contributed by atoms with Gasteiger partial charge in [-0.2, -0.15) is 0 Å². The average Bonchev–Trinajstić information content (AvgIpc) is 3.39. The molecule has 0 spiro atoms. The van der Waals surface area contributed by atoms with Crippen molar-refractivity contribution >= 4 is 5.69 Å². The van der Waals surface area contributed by atoms with Crippen LogP contribution < -0.4 is 10.6 Å². The zero-order valence-corrected chi connectivity index (χ0v) is 13.1. The maximum Gasteiger partial charge on any atom is 0.0473 e. The molecular formula is C18H27N3. The second-order valence-corrected chi connectivity index (χ2v) is 7.18. The van der Waals surface area contributed by atoms with Gasteiger partial charge in [-0.25, -0.2) is 0 Å². The minimum Gasteiger partial charge on any atom is -0.374 e. The first-order valence-electron chi connectivity index (χ1n) is 8.56. The van der Waals surface area contributed by atoms with Gasteiger partial charge in [0.1, 0.15) is 0 Å². The van der Waals surface area contributed by atoms with Gasteiger partial charge in [-0.3, -0.25) is 4.90 Å². The van der Waals surface area contributed by atoms with Crippen LogP contribution in [0, 0.1) is 5.92 Å². The molecule has 1 aliphatic heterocycles. The molecule has 2 aliphatic carbocycles. The summed E-state index contributed by atoms with van der Waals surface area (Å²) in [4.78, 5) is 5.08. The van der Waals surface area contributed by atoms with Gasteiger partial charge < -0.3 is 10.6 Å². The van der Waals surface area contributed by atoms with Crippen LogP contribution in [0.15, 0.2) is 18.2 Å². The van der Waals surface area contributed by atoms with Crippen LogP contribution in [-0.2, 0) is 6.42 Å². The van der Waals surface area contributed by atoms with Gasteiger partial charge in [0.05, 0.1) is 0 Å². The van der Waals surface area contributed by atoms with E-state index in [4.69, 9.17) is 5.73 Å². The molecule has 1 heterocycles. The lowest BCUT2D eigenvalue weighted by Crippen LogP contribution is -2.37. The maximum absolute atomic E-state index is 6.19. The molecule has 1 atom stereocenters. The Hall–Kier alpha value is -1.06. The first-order valence-corrected chi connectivity index (χ1v) is 8.56. The Labute approximate surface area is 128 Å². The van der Waals surface area contributed by atoms with Gasteiger partial charge in [-0.05, 0) is 55.2 Å². The van der Waals surface area contributed by atoms with Gasteiger partial charge in [-0.15, -0.1) is 0 Å². The lowest BCUT2D eigenvalue weighted by Gasteiger charge is -2.32. The van der Waals surface area contributed by atoms with Crippen LogP contribution >= 0.6 is 0 Å². The van der Waals surface area contributed by atoms with E-state index in [1.165, 1.54) is 55.5 Å². The number of anilines is 1. The Morgan fingerprint density at radius 3 is 2.76 bits per heavy atom. The second-order valence-electron chi connectivity index (χ2n) is 7.18. The molecule has 0 saturated heterocycles. The number of hydrogen-bond donors (Lipinski definition) is 1. The van der Waals surface area contributed by atoms with E-state index in [0.29, 0.717) is 6.04 Å². The van der Waals surface area contributed by atoms with Crippen molar-refractivity contribution in [3.05, 3.63) is 29.3 Å². The van der Waals surface area contributed by atoms with E-state index in [9.17, 15) is 0 Å². The first kappa shape index (κ1) is 13.6. The third-order valence-electron chi connectivity index (χ3n) is 5.42. The van der Waals surface area contributed by atoms with E-state index in [0.717, 1.165) is 25.0 Å². The number of fused-ring (bicyclic) bond motifs is 1. The number of likely N-dealkylation sites (N-methyl/N-ethyl adjacent to an activating group) is 1. The lowest BCUT2D eigenvalue weighted by molar-refractivity contribution is 0.183. The highest BCUT2D eigenvalue weighted by atomic mass is 15.2. The molecule has 1 aromatic carbocycles. The maximum atomic E-state index is 6.19. The summed E-state index contributed by atoms with van der Waals surface area (Å²) >= 11 is 0. The van der Waals surface area contributed by atoms with E-state index in [1.807, 2.05) is 0 Å². The minimum atomic E-state index is 0.425. The van der Waals surface area contributed by atoms with Crippen molar-refractivity contribution in [1.82, 2.24) is 4.90 Å². The summed E-state index contributed by atoms with van der Waals surface area (Å²) in [6.07, 6.45) is 6.78. The molecule has 21 heavy (non-hydrogen) atoms. The van der Waals surface area contributed by atoms with Crippen molar-refractivity contribution in [3.63, 3.8) is 0 Å². The van der Waals surface area contributed by atoms with Gasteiger partial charge in [0.25, 0.3) is 0 Å². The third-order valence-corrected chi connectivity index (χ3v) is 5.42. The molecule has 2 N–H and O–H groups in total. The summed E-state index contributed by atoms with van der Waals surface area (Å²) in [6, 6.07) is 8.28. The molecule has 0 amide bonds. The fourth-order valence-electron chi connectivity index (χ4n) is 3.79. The van der Waals surface area contributed by atoms with Crippen LogP contribution in [0.25, 0.3) is 0 Å². The molecule has 114 valence electrons. The van der Waals surface area contributed by atoms with Crippen molar-refractivity contribution in [1.29, 1.82) is 0 Å². The Bertz CT molecular complexity index is 519. The van der Waals surface area contributed by atoms with Crippen LogP contribution in [0.1, 0.15) is 42.9 Å². The molecule has 0 bridgehead atoms. The minimum absolute atomic E-state index is 0.425. The number of nitrogens with two attached hydrogens (primary N) is 1. The molecule has 2 fully saturated rings. The SMILES string of the molecule is CN1CCc2cc(C(CN)N(CC3CC3)C3CC3)ccc21. The zero-order valence-electron chi connectivity index (χ0n) is 13.1. The van der Waals surface area contributed by atoms with E-state index >= 15 is 0 Å². The normalized spacial score (nSPS) is 22.7. The quantitative estimate of drug-likeness (QED) is 0.872. The third kappa shape index (κ3) is 2.69. The van der Waals surface area contributed by atoms with E-state index in [2.05, 4.69) is 35.0 Å². The molecule has 3 aliphatic rings. The van der Waals surface area contributed by atoms with Crippen LogP contribution in [0.3, 0.4) is 0 Å². The molecule has 0 radical (unpaired) electrons. The molecule has 1 aromatic rings. The van der Waals surface area contributed by atoms with Crippen LogP contribution in [0.4, 0.5) is 5.69 Å². The molecule has 4 rings (SSSR count). The van der Waals surface area contributed by atoms with E-state index < -0.39 is 0 Å². The molecule has 0 aromatic heterocycles. The zero-order chi connectivity index (χ0) is 14.4. The summed E-state index contributed by atoms with van der Waals surface area (Å²) < 4.78 is 0. The van der Waals surface area contributed by atoms with Gasteiger partial charge in [-0.1, -0.05) is 12.1 Å². The molecule has 1 unspecified atom stereocenters. The smallest absolute Gasteiger partial charge is 0.0473 e. The molecule has 3 nitrogen and oxygen atoms in total. The predicted octanol–water partition coefficient (Wildman–Crippen LogP) is 2.55. The fourth-order valence-corrected chi connectivity index (χ4v) is 3.79. The summed E-state index contributed by atoms with van der Waals surface area (Å²) in [5.74, 6) is 0.945. The average molecular weight is 285 g/mol. The van der Waals surface area contributed by atoms with Gasteiger partial charge in [0, 0.05) is 44.5 Å². The monoisotopic (exact) mass is 285 g/mol. The molecule has 2 saturated carbocycles. The van der Waals surface area contributed by atoms with Crippen molar-refractivity contribution in [2.24, 2.45) is 11.7 Å². The van der Waals surface area contributed by atoms with Crippen molar-refractivity contribution in [2.75, 3.05) is 31.6 Å². The van der Waals surface area contributed by atoms with E-state index in [-0.39, 0.29) is 0 Å². The summed E-state index contributed by atoms with van der Waals surface area (Å²) in [5, 5.41) is 0. The standard InChI is InChI=1S/C18H27N3/c1-20-9-8-15-10-14(4-7-17(15)20)18(11-19)21(16-5-6-16)12-13-2-3-13/h4,7,10,13,16,18H,2-3,5-6,8-9,11-12,19H2,1H3. The molecule has 3 heteroatoms. The second kappa shape index (κ2) is 5.29. The number of hydrogen-bond acceptors (Lipinski definition) is 3. The Morgan fingerprint density at radius 1 is 1.29 bits per heavy atom. The summed E-state index contributed by atoms with van der Waals surface area (Å²) in [5.41, 5.74) is 10.6. The highest BCUT2D eigenvalue weighted by Crippen LogP contribution is 2.40. The van der Waals surface area contributed by atoms with Crippen molar-refractivity contribution in [2.45, 2.75) is 44.2 Å². The summed E-state index contributed by atoms with van der Waals surface area (Å²) in [6.45, 7) is 3.17. The highest BCUT2D eigenvalue weighted by molar-refractivity contribution is 5.58.